The first kappa shape index (κ1) is 23.7. The van der Waals surface area contributed by atoms with Gasteiger partial charge < -0.3 is 15.2 Å². The van der Waals surface area contributed by atoms with E-state index in [9.17, 15) is 9.90 Å². The minimum absolute atomic E-state index is 0.157. The van der Waals surface area contributed by atoms with Gasteiger partial charge in [-0.3, -0.25) is 14.4 Å². The van der Waals surface area contributed by atoms with Crippen molar-refractivity contribution in [3.05, 3.63) is 87.8 Å². The van der Waals surface area contributed by atoms with Crippen LogP contribution in [0.4, 0.5) is 5.69 Å². The first-order chi connectivity index (χ1) is 17.4. The first-order valence-electron chi connectivity index (χ1n) is 11.8. The average Bonchev–Trinajstić information content (AvgIpc) is 3.35. The third-order valence-corrected chi connectivity index (χ3v) is 7.40. The molecule has 1 atom stereocenters. The summed E-state index contributed by atoms with van der Waals surface area (Å²) in [7, 11) is 0. The fourth-order valence-electron chi connectivity index (χ4n) is 4.32. The molecule has 0 saturated carbocycles. The van der Waals surface area contributed by atoms with Crippen LogP contribution in [-0.2, 0) is 4.79 Å². The van der Waals surface area contributed by atoms with E-state index in [0.717, 1.165) is 44.7 Å². The summed E-state index contributed by atoms with van der Waals surface area (Å²) in [4.78, 5) is 17.8. The van der Waals surface area contributed by atoms with Gasteiger partial charge in [-0.25, -0.2) is 0 Å². The number of carboxylic acid groups (broad SMARTS) is 1. The Kier molecular flexibility index (Phi) is 6.56. The molecule has 184 valence electrons. The van der Waals surface area contributed by atoms with Crippen LogP contribution in [0.25, 0.3) is 5.00 Å². The number of carbonyl (C=O) groups is 1. The van der Waals surface area contributed by atoms with Crippen molar-refractivity contribution in [1.82, 2.24) is 14.8 Å². The monoisotopic (exact) mass is 501 g/mol. The van der Waals surface area contributed by atoms with Gasteiger partial charge in [0.1, 0.15) is 29.2 Å². The number of ether oxygens (including phenoxy) is 1. The normalized spacial score (nSPS) is 14.4. The molecule has 0 amide bonds. The number of hydrogen-bond donors (Lipinski definition) is 2. The number of nitrogens with zero attached hydrogens (tertiary/aromatic N) is 4. The second-order valence-electron chi connectivity index (χ2n) is 8.66. The second kappa shape index (κ2) is 9.94. The molecule has 1 aliphatic heterocycles. The number of aryl methyl sites for hydroxylation is 2. The van der Waals surface area contributed by atoms with Crippen LogP contribution in [-0.4, -0.2) is 44.7 Å². The number of fused-ring (bicyclic) bond motifs is 3. The summed E-state index contributed by atoms with van der Waals surface area (Å²) in [5, 5.41) is 22.5. The predicted octanol–water partition coefficient (Wildman–Crippen LogP) is 5.11. The number of nitrogens with one attached hydrogen (secondary N) is 1. The number of aliphatic carboxylic acids is 1. The highest BCUT2D eigenvalue weighted by Gasteiger charge is 2.32. The van der Waals surface area contributed by atoms with Crippen molar-refractivity contribution in [1.29, 1.82) is 0 Å². The second-order valence-corrected chi connectivity index (χ2v) is 9.86. The third kappa shape index (κ3) is 4.61. The van der Waals surface area contributed by atoms with Crippen LogP contribution >= 0.6 is 11.3 Å². The van der Waals surface area contributed by atoms with Crippen LogP contribution in [0, 0.1) is 20.8 Å². The van der Waals surface area contributed by atoms with Crippen molar-refractivity contribution in [2.45, 2.75) is 33.2 Å². The van der Waals surface area contributed by atoms with E-state index in [1.165, 1.54) is 4.88 Å². The van der Waals surface area contributed by atoms with Gasteiger partial charge in [-0.2, -0.15) is 0 Å². The Morgan fingerprint density at radius 1 is 1.08 bits per heavy atom. The van der Waals surface area contributed by atoms with Gasteiger partial charge in [0.15, 0.2) is 5.82 Å². The molecule has 0 fully saturated rings. The molecule has 36 heavy (non-hydrogen) atoms. The highest BCUT2D eigenvalue weighted by molar-refractivity contribution is 7.15. The molecule has 0 saturated heterocycles. The van der Waals surface area contributed by atoms with Crippen molar-refractivity contribution in [3.8, 4) is 10.8 Å². The maximum atomic E-state index is 11.7. The quantitative estimate of drug-likeness (QED) is 0.325. The average molecular weight is 502 g/mol. The zero-order valence-electron chi connectivity index (χ0n) is 20.4. The minimum Gasteiger partial charge on any atom is -0.492 e. The summed E-state index contributed by atoms with van der Waals surface area (Å²) in [6, 6.07) is 17.2. The highest BCUT2D eigenvalue weighted by atomic mass is 32.1. The van der Waals surface area contributed by atoms with Gasteiger partial charge in [-0.15, -0.1) is 21.5 Å². The summed E-state index contributed by atoms with van der Waals surface area (Å²) in [5.74, 6) is 1.20. The lowest BCUT2D eigenvalue weighted by molar-refractivity contribution is -0.137. The van der Waals surface area contributed by atoms with E-state index in [0.29, 0.717) is 19.0 Å². The van der Waals surface area contributed by atoms with Gasteiger partial charge in [-0.05, 0) is 50.6 Å². The fourth-order valence-corrected chi connectivity index (χ4v) is 5.53. The summed E-state index contributed by atoms with van der Waals surface area (Å²) >= 11 is 1.65. The zero-order valence-corrected chi connectivity index (χ0v) is 21.2. The van der Waals surface area contributed by atoms with Crippen LogP contribution in [0.5, 0.6) is 5.75 Å². The van der Waals surface area contributed by atoms with Gasteiger partial charge in [0.2, 0.25) is 0 Å². The number of hydrogen-bond acceptors (Lipinski definition) is 7. The van der Waals surface area contributed by atoms with E-state index in [4.69, 9.17) is 9.73 Å². The summed E-state index contributed by atoms with van der Waals surface area (Å²) in [6.07, 6.45) is -0.157. The molecule has 2 aromatic heterocycles. The topological polar surface area (TPSA) is 102 Å². The van der Waals surface area contributed by atoms with Gasteiger partial charge in [0.05, 0.1) is 12.1 Å². The molecule has 9 heteroatoms. The number of thiophene rings is 1. The van der Waals surface area contributed by atoms with E-state index in [-0.39, 0.29) is 6.42 Å². The van der Waals surface area contributed by atoms with E-state index in [1.54, 1.807) is 11.3 Å². The summed E-state index contributed by atoms with van der Waals surface area (Å²) < 4.78 is 7.71. The molecule has 0 bridgehead atoms. The lowest BCUT2D eigenvalue weighted by Gasteiger charge is -2.12. The van der Waals surface area contributed by atoms with Crippen LogP contribution in [0.3, 0.4) is 0 Å². The van der Waals surface area contributed by atoms with Crippen molar-refractivity contribution in [2.24, 2.45) is 4.99 Å². The Labute approximate surface area is 213 Å². The van der Waals surface area contributed by atoms with Crippen LogP contribution < -0.4 is 10.1 Å². The third-order valence-electron chi connectivity index (χ3n) is 6.21. The molecule has 3 heterocycles. The van der Waals surface area contributed by atoms with Crippen molar-refractivity contribution < 1.29 is 14.6 Å². The lowest BCUT2D eigenvalue weighted by Crippen LogP contribution is -2.12. The van der Waals surface area contributed by atoms with Gasteiger partial charge in [0, 0.05) is 28.2 Å². The molecular weight excluding hydrogens is 474 g/mol. The van der Waals surface area contributed by atoms with Crippen molar-refractivity contribution >= 4 is 28.7 Å². The largest absolute Gasteiger partial charge is 0.492 e. The Bertz CT molecular complexity index is 1420. The molecule has 4 aromatic rings. The standard InChI is InChI=1S/C27H27N5O3S/c1-16-17(2)36-27-24(16)25(29-22(15-23(33)34)26-31-30-18(3)32(26)27)19-9-11-20(12-10-19)28-13-14-35-21-7-5-4-6-8-21/h4-12,22,28H,13-15H2,1-3H3,(H,33,34)/t22-/m0/s1. The molecule has 0 aliphatic carbocycles. The number of benzene rings is 2. The number of aromatic nitrogens is 3. The molecule has 1 aliphatic rings. The highest BCUT2D eigenvalue weighted by Crippen LogP contribution is 2.39. The summed E-state index contributed by atoms with van der Waals surface area (Å²) in [5.41, 5.74) is 4.81. The molecular formula is C27H27N5O3S. The lowest BCUT2D eigenvalue weighted by atomic mass is 9.99. The van der Waals surface area contributed by atoms with Gasteiger partial charge in [-0.1, -0.05) is 30.3 Å². The molecule has 5 rings (SSSR count). The number of carboxylic acids is 1. The molecule has 0 unspecified atom stereocenters. The fraction of sp³-hybridized carbons (Fsp3) is 0.259. The molecule has 8 nitrogen and oxygen atoms in total. The number of rotatable bonds is 8. The maximum Gasteiger partial charge on any atom is 0.306 e. The maximum absolute atomic E-state index is 11.7. The van der Waals surface area contributed by atoms with Gasteiger partial charge in [0.25, 0.3) is 0 Å². The molecule has 2 aromatic carbocycles. The minimum atomic E-state index is -0.925. The van der Waals surface area contributed by atoms with Crippen molar-refractivity contribution in [3.63, 3.8) is 0 Å². The van der Waals surface area contributed by atoms with Crippen LogP contribution in [0.1, 0.15) is 45.7 Å². The smallest absolute Gasteiger partial charge is 0.306 e. The predicted molar refractivity (Wildman–Crippen MR) is 141 cm³/mol. The van der Waals surface area contributed by atoms with Crippen molar-refractivity contribution in [2.75, 3.05) is 18.5 Å². The van der Waals surface area contributed by atoms with Crippen LogP contribution in [0.2, 0.25) is 0 Å². The van der Waals surface area contributed by atoms with E-state index in [1.807, 2.05) is 66.1 Å². The van der Waals surface area contributed by atoms with E-state index in [2.05, 4.69) is 29.4 Å². The van der Waals surface area contributed by atoms with Crippen LogP contribution in [0.15, 0.2) is 59.6 Å². The Balaban J connectivity index is 1.43. The van der Waals surface area contributed by atoms with Gasteiger partial charge >= 0.3 is 5.97 Å². The SMILES string of the molecule is Cc1sc2c(c1C)C(c1ccc(NCCOc3ccccc3)cc1)=N[C@@H](CC(=O)O)c1nnc(C)n1-2. The molecule has 2 N–H and O–H groups in total. The zero-order chi connectivity index (χ0) is 25.2. The van der Waals surface area contributed by atoms with E-state index >= 15 is 0 Å². The number of anilines is 1. The molecule has 0 radical (unpaired) electrons. The Morgan fingerprint density at radius 3 is 2.56 bits per heavy atom. The molecule has 0 spiro atoms. The van der Waals surface area contributed by atoms with E-state index < -0.39 is 12.0 Å². The Morgan fingerprint density at radius 2 is 1.83 bits per heavy atom. The number of aliphatic imine (C=N–C) groups is 1. The first-order valence-corrected chi connectivity index (χ1v) is 12.6. The number of para-hydroxylation sites is 1. The Hall–Kier alpha value is -3.98. The summed E-state index contributed by atoms with van der Waals surface area (Å²) in [6.45, 7) is 7.27.